The minimum absolute atomic E-state index is 0.136. The van der Waals surface area contributed by atoms with Gasteiger partial charge in [-0.05, 0) is 142 Å². The van der Waals surface area contributed by atoms with E-state index in [9.17, 15) is 18.0 Å². The van der Waals surface area contributed by atoms with Crippen molar-refractivity contribution < 1.29 is 31.9 Å². The summed E-state index contributed by atoms with van der Waals surface area (Å²) >= 11 is 0. The third-order valence-electron chi connectivity index (χ3n) is 13.2. The van der Waals surface area contributed by atoms with Crippen molar-refractivity contribution in [1.29, 1.82) is 0 Å². The lowest BCUT2D eigenvalue weighted by Gasteiger charge is -2.55. The number of halogens is 1. The van der Waals surface area contributed by atoms with E-state index in [-0.39, 0.29) is 50.3 Å². The molecule has 3 saturated heterocycles. The molecule has 1 amide bonds. The molecule has 4 fully saturated rings. The van der Waals surface area contributed by atoms with Crippen LogP contribution in [0.2, 0.25) is 0 Å². The number of carbonyl (C=O) groups is 2. The molecule has 0 radical (unpaired) electrons. The normalized spacial score (nSPS) is 23.0. The summed E-state index contributed by atoms with van der Waals surface area (Å²) in [7, 11) is 1.04. The molecule has 0 unspecified atom stereocenters. The van der Waals surface area contributed by atoms with Gasteiger partial charge in [0.15, 0.2) is 0 Å². The average molecular weight is 775 g/mol. The number of carbonyl (C=O) groups excluding carboxylic acids is 2. The molecule has 1 N–H and O–H groups in total. The lowest BCUT2D eigenvalue weighted by atomic mass is 9.56. The molecule has 1 aliphatic carbocycles. The van der Waals surface area contributed by atoms with E-state index in [1.54, 1.807) is 31.4 Å². The standard InChI is InChI=1S/C43H55FN4O6S/c1-45-41(50)31-11-15-37(16-12-31)55(51,52)38-17-13-36(14-18-38)48-28-42(29-48,54-3)27-47-23-19-33(20-24-47)43(30-46-21-6-22-46,34-8-5-9-35(44)26-34)39-10-4-7-32(39)25-40(49)53-2/h5,8-9,11-18,26,32-33,39H,4,6-7,10,19-25,27-30H2,1-3H3,(H,45,50)/t32-,39+,43+/m1/s1. The maximum Gasteiger partial charge on any atom is 0.305 e. The number of nitrogens with zero attached hydrogens (tertiary/aromatic N) is 3. The van der Waals surface area contributed by atoms with Crippen LogP contribution in [-0.2, 0) is 29.5 Å². The molecule has 7 rings (SSSR count). The quantitative estimate of drug-likeness (QED) is 0.211. The minimum atomic E-state index is -3.75. The molecule has 3 atom stereocenters. The molecule has 3 heterocycles. The van der Waals surface area contributed by atoms with Crippen molar-refractivity contribution in [2.45, 2.75) is 65.8 Å². The number of sulfone groups is 1. The average Bonchev–Trinajstić information content (AvgIpc) is 3.64. The first-order chi connectivity index (χ1) is 26.5. The minimum Gasteiger partial charge on any atom is -0.469 e. The van der Waals surface area contributed by atoms with Gasteiger partial charge in [0.2, 0.25) is 9.84 Å². The van der Waals surface area contributed by atoms with Crippen LogP contribution in [0.3, 0.4) is 0 Å². The third-order valence-corrected chi connectivity index (χ3v) is 14.9. The molecule has 0 aromatic heterocycles. The van der Waals surface area contributed by atoms with E-state index < -0.39 is 9.84 Å². The van der Waals surface area contributed by atoms with Gasteiger partial charge in [-0.25, -0.2) is 12.8 Å². The van der Waals surface area contributed by atoms with Gasteiger partial charge in [0.25, 0.3) is 5.91 Å². The third kappa shape index (κ3) is 7.93. The zero-order valence-electron chi connectivity index (χ0n) is 32.3. The first-order valence-electron chi connectivity index (χ1n) is 19.8. The van der Waals surface area contributed by atoms with Gasteiger partial charge in [-0.3, -0.25) is 9.59 Å². The molecule has 296 valence electrons. The summed E-state index contributed by atoms with van der Waals surface area (Å²) < 4.78 is 53.1. The van der Waals surface area contributed by atoms with Gasteiger partial charge >= 0.3 is 5.97 Å². The molecular formula is C43H55FN4O6S. The molecule has 3 aromatic carbocycles. The number of hydrogen-bond donors (Lipinski definition) is 1. The summed E-state index contributed by atoms with van der Waals surface area (Å²) in [4.78, 5) is 32.2. The Balaban J connectivity index is 1.03. The van der Waals surface area contributed by atoms with E-state index in [0.717, 1.165) is 82.6 Å². The lowest BCUT2D eigenvalue weighted by Crippen LogP contribution is -2.68. The maximum absolute atomic E-state index is 15.1. The van der Waals surface area contributed by atoms with Gasteiger partial charge in [0, 0.05) is 50.3 Å². The Kier molecular flexibility index (Phi) is 11.7. The number of likely N-dealkylation sites (tertiary alicyclic amines) is 2. The number of rotatable bonds is 14. The van der Waals surface area contributed by atoms with Crippen molar-refractivity contribution in [1.82, 2.24) is 15.1 Å². The Morgan fingerprint density at radius 3 is 2.13 bits per heavy atom. The summed E-state index contributed by atoms with van der Waals surface area (Å²) in [6.07, 6.45) is 6.67. The highest BCUT2D eigenvalue weighted by atomic mass is 32.2. The number of esters is 1. The monoisotopic (exact) mass is 774 g/mol. The van der Waals surface area contributed by atoms with Crippen LogP contribution in [-0.4, -0.2) is 109 Å². The predicted octanol–water partition coefficient (Wildman–Crippen LogP) is 5.56. The summed E-state index contributed by atoms with van der Waals surface area (Å²) in [6.45, 7) is 7.01. The van der Waals surface area contributed by atoms with Crippen LogP contribution in [0.1, 0.15) is 60.9 Å². The Hall–Kier alpha value is -3.84. The van der Waals surface area contributed by atoms with Crippen LogP contribution in [0.5, 0.6) is 0 Å². The van der Waals surface area contributed by atoms with E-state index in [2.05, 4.69) is 26.1 Å². The van der Waals surface area contributed by atoms with E-state index >= 15 is 4.39 Å². The summed E-state index contributed by atoms with van der Waals surface area (Å²) in [5.74, 6) is 0.193. The van der Waals surface area contributed by atoms with Crippen molar-refractivity contribution in [3.63, 3.8) is 0 Å². The molecule has 10 nitrogen and oxygen atoms in total. The molecule has 12 heteroatoms. The number of anilines is 1. The maximum atomic E-state index is 15.1. The van der Waals surface area contributed by atoms with Gasteiger partial charge in [-0.2, -0.15) is 0 Å². The summed E-state index contributed by atoms with van der Waals surface area (Å²) in [6, 6.07) is 20.2. The van der Waals surface area contributed by atoms with Crippen molar-refractivity contribution in [3.05, 3.63) is 89.7 Å². The van der Waals surface area contributed by atoms with E-state index in [0.29, 0.717) is 31.0 Å². The van der Waals surface area contributed by atoms with Gasteiger partial charge < -0.3 is 29.5 Å². The number of amides is 1. The molecule has 0 bridgehead atoms. The molecular weight excluding hydrogens is 720 g/mol. The van der Waals surface area contributed by atoms with Crippen LogP contribution in [0.25, 0.3) is 0 Å². The molecule has 4 aliphatic rings. The highest BCUT2D eigenvalue weighted by Gasteiger charge is 2.53. The van der Waals surface area contributed by atoms with Gasteiger partial charge in [0.1, 0.15) is 11.4 Å². The second-order valence-electron chi connectivity index (χ2n) is 16.2. The highest BCUT2D eigenvalue weighted by molar-refractivity contribution is 7.91. The van der Waals surface area contributed by atoms with Crippen LogP contribution >= 0.6 is 0 Å². The predicted molar refractivity (Wildman–Crippen MR) is 209 cm³/mol. The highest BCUT2D eigenvalue weighted by Crippen LogP contribution is 2.54. The second-order valence-corrected chi connectivity index (χ2v) is 18.1. The molecule has 3 aromatic rings. The van der Waals surface area contributed by atoms with Gasteiger partial charge in [-0.15, -0.1) is 0 Å². The van der Waals surface area contributed by atoms with Crippen molar-refractivity contribution in [3.8, 4) is 0 Å². The Morgan fingerprint density at radius 2 is 1.55 bits per heavy atom. The number of hydrogen-bond acceptors (Lipinski definition) is 9. The van der Waals surface area contributed by atoms with Crippen molar-refractivity contribution >= 4 is 27.4 Å². The SMILES string of the molecule is CNC(=O)c1ccc(S(=O)(=O)c2ccc(N3CC(CN4CCC([C@@](CN5CCC5)(c5cccc(F)c5)[C@H]5CCC[C@@H]5CC(=O)OC)CC4)(OC)C3)cc2)cc1. The van der Waals surface area contributed by atoms with Gasteiger partial charge in [0.05, 0.1) is 30.0 Å². The molecule has 3 aliphatic heterocycles. The summed E-state index contributed by atoms with van der Waals surface area (Å²) in [5.41, 5.74) is 1.81. The van der Waals surface area contributed by atoms with Crippen LogP contribution in [0.4, 0.5) is 10.1 Å². The Morgan fingerprint density at radius 1 is 0.873 bits per heavy atom. The number of ether oxygens (including phenoxy) is 2. The van der Waals surface area contributed by atoms with Crippen molar-refractivity contribution in [2.75, 3.05) is 78.5 Å². The van der Waals surface area contributed by atoms with E-state index in [4.69, 9.17) is 9.47 Å². The van der Waals surface area contributed by atoms with Crippen LogP contribution < -0.4 is 10.2 Å². The van der Waals surface area contributed by atoms with Crippen LogP contribution in [0.15, 0.2) is 82.6 Å². The Bertz CT molecular complexity index is 1920. The van der Waals surface area contributed by atoms with E-state index in [1.807, 2.05) is 18.2 Å². The summed E-state index contributed by atoms with van der Waals surface area (Å²) in [5, 5.41) is 2.54. The number of benzene rings is 3. The first kappa shape index (κ1) is 39.4. The molecule has 1 saturated carbocycles. The van der Waals surface area contributed by atoms with E-state index in [1.165, 1.54) is 44.8 Å². The first-order valence-corrected chi connectivity index (χ1v) is 21.2. The zero-order chi connectivity index (χ0) is 38.8. The fourth-order valence-electron chi connectivity index (χ4n) is 10.1. The Labute approximate surface area is 325 Å². The van der Waals surface area contributed by atoms with Gasteiger partial charge in [-0.1, -0.05) is 18.6 Å². The molecule has 0 spiro atoms. The second kappa shape index (κ2) is 16.3. The number of piperidine rings is 1. The zero-order valence-corrected chi connectivity index (χ0v) is 33.2. The number of nitrogens with one attached hydrogen (secondary N) is 1. The fourth-order valence-corrected chi connectivity index (χ4v) is 11.3. The molecule has 55 heavy (non-hydrogen) atoms. The lowest BCUT2D eigenvalue weighted by molar-refractivity contribution is -0.142. The smallest absolute Gasteiger partial charge is 0.305 e. The largest absolute Gasteiger partial charge is 0.469 e. The van der Waals surface area contributed by atoms with Crippen molar-refractivity contribution in [2.24, 2.45) is 17.8 Å². The number of methoxy groups -OCH3 is 2. The fraction of sp³-hybridized carbons (Fsp3) is 0.535. The topological polar surface area (TPSA) is 108 Å². The van der Waals surface area contributed by atoms with Crippen LogP contribution in [0, 0.1) is 23.6 Å².